The van der Waals surface area contributed by atoms with E-state index < -0.39 is 5.60 Å². The van der Waals surface area contributed by atoms with Gasteiger partial charge in [-0.25, -0.2) is 0 Å². The van der Waals surface area contributed by atoms with Crippen molar-refractivity contribution in [3.8, 4) is 0 Å². The molecule has 0 amide bonds. The number of aliphatic hydroxyl groups is 1. The molecule has 13 heavy (non-hydrogen) atoms. The van der Waals surface area contributed by atoms with Gasteiger partial charge in [-0.05, 0) is 56.3 Å². The molecule has 0 spiro atoms. The summed E-state index contributed by atoms with van der Waals surface area (Å²) in [7, 11) is 0. The third-order valence-electron chi connectivity index (χ3n) is 4.75. The molecular formula is C12H22O. The number of fused-ring (bicyclic) bond motifs is 1. The maximum atomic E-state index is 10.2. The van der Waals surface area contributed by atoms with Gasteiger partial charge in [-0.1, -0.05) is 13.8 Å². The van der Waals surface area contributed by atoms with Crippen molar-refractivity contribution in [2.75, 3.05) is 0 Å². The van der Waals surface area contributed by atoms with Crippen LogP contribution in [0.4, 0.5) is 0 Å². The minimum absolute atomic E-state index is 0.392. The van der Waals surface area contributed by atoms with Gasteiger partial charge in [0.05, 0.1) is 5.60 Å². The molecule has 0 aromatic carbocycles. The third kappa shape index (κ3) is 1.41. The lowest BCUT2D eigenvalue weighted by molar-refractivity contribution is -0.00372. The second-order valence-corrected chi connectivity index (χ2v) is 5.52. The summed E-state index contributed by atoms with van der Waals surface area (Å²) in [6.45, 7) is 6.49. The van der Waals surface area contributed by atoms with Crippen LogP contribution in [0.2, 0.25) is 0 Å². The van der Waals surface area contributed by atoms with Crippen molar-refractivity contribution in [3.63, 3.8) is 0 Å². The molecule has 0 aliphatic heterocycles. The van der Waals surface area contributed by atoms with E-state index in [4.69, 9.17) is 0 Å². The monoisotopic (exact) mass is 182 g/mol. The summed E-state index contributed by atoms with van der Waals surface area (Å²) in [5.41, 5.74) is -0.392. The van der Waals surface area contributed by atoms with Crippen LogP contribution in [0.25, 0.3) is 0 Å². The van der Waals surface area contributed by atoms with Crippen LogP contribution in [0.5, 0.6) is 0 Å². The topological polar surface area (TPSA) is 20.2 Å². The molecule has 1 heteroatoms. The fourth-order valence-corrected chi connectivity index (χ4v) is 3.38. The van der Waals surface area contributed by atoms with Gasteiger partial charge in [0.25, 0.3) is 0 Å². The molecule has 2 aliphatic rings. The van der Waals surface area contributed by atoms with Gasteiger partial charge >= 0.3 is 0 Å². The molecule has 2 rings (SSSR count). The molecule has 0 aromatic heterocycles. The van der Waals surface area contributed by atoms with Crippen LogP contribution in [-0.4, -0.2) is 10.7 Å². The van der Waals surface area contributed by atoms with E-state index in [1.54, 1.807) is 0 Å². The first kappa shape index (κ1) is 9.51. The Balaban J connectivity index is 1.98. The molecule has 0 heterocycles. The van der Waals surface area contributed by atoms with Crippen molar-refractivity contribution in [1.82, 2.24) is 0 Å². The Kier molecular flexibility index (Phi) is 2.18. The maximum Gasteiger partial charge on any atom is 0.0645 e. The first-order valence-electron chi connectivity index (χ1n) is 5.77. The van der Waals surface area contributed by atoms with Gasteiger partial charge in [-0.3, -0.25) is 0 Å². The Bertz CT molecular complexity index is 197. The summed E-state index contributed by atoms with van der Waals surface area (Å²) >= 11 is 0. The predicted molar refractivity (Wildman–Crippen MR) is 54.4 cm³/mol. The third-order valence-corrected chi connectivity index (χ3v) is 4.75. The SMILES string of the molecule is CCC(C)(O)C1CC2CC(C)C2C1. The van der Waals surface area contributed by atoms with E-state index >= 15 is 0 Å². The number of hydrogen-bond donors (Lipinski definition) is 1. The highest BCUT2D eigenvalue weighted by molar-refractivity contribution is 4.99. The summed E-state index contributed by atoms with van der Waals surface area (Å²) in [6.07, 6.45) is 4.90. The van der Waals surface area contributed by atoms with Crippen molar-refractivity contribution in [2.45, 2.75) is 52.1 Å². The molecule has 2 aliphatic carbocycles. The highest BCUT2D eigenvalue weighted by Crippen LogP contribution is 2.55. The molecule has 1 nitrogen and oxygen atoms in total. The fourth-order valence-electron chi connectivity index (χ4n) is 3.38. The summed E-state index contributed by atoms with van der Waals surface area (Å²) in [5, 5.41) is 10.2. The van der Waals surface area contributed by atoms with E-state index in [0.717, 1.165) is 24.2 Å². The molecule has 5 unspecified atom stereocenters. The lowest BCUT2D eigenvalue weighted by atomic mass is 9.68. The maximum absolute atomic E-state index is 10.2. The van der Waals surface area contributed by atoms with Gasteiger partial charge in [0.1, 0.15) is 0 Å². The largest absolute Gasteiger partial charge is 0.390 e. The number of rotatable bonds is 2. The van der Waals surface area contributed by atoms with Crippen LogP contribution < -0.4 is 0 Å². The molecule has 0 radical (unpaired) electrons. The summed E-state index contributed by atoms with van der Waals surface area (Å²) < 4.78 is 0. The van der Waals surface area contributed by atoms with Crippen LogP contribution >= 0.6 is 0 Å². The molecule has 2 fully saturated rings. The lowest BCUT2D eigenvalue weighted by Crippen LogP contribution is -2.32. The average molecular weight is 182 g/mol. The van der Waals surface area contributed by atoms with Gasteiger partial charge in [0.15, 0.2) is 0 Å². The summed E-state index contributed by atoms with van der Waals surface area (Å²) in [6, 6.07) is 0. The van der Waals surface area contributed by atoms with Crippen molar-refractivity contribution in [1.29, 1.82) is 0 Å². The Morgan fingerprint density at radius 2 is 2.00 bits per heavy atom. The minimum atomic E-state index is -0.392. The quantitative estimate of drug-likeness (QED) is 0.696. The molecule has 0 saturated heterocycles. The van der Waals surface area contributed by atoms with Gasteiger partial charge in [-0.2, -0.15) is 0 Å². The predicted octanol–water partition coefficient (Wildman–Crippen LogP) is 2.83. The van der Waals surface area contributed by atoms with Gasteiger partial charge < -0.3 is 5.11 Å². The average Bonchev–Trinajstić information content (AvgIpc) is 2.43. The molecule has 0 bridgehead atoms. The highest BCUT2D eigenvalue weighted by Gasteiger charge is 2.49. The van der Waals surface area contributed by atoms with Crippen LogP contribution in [0.3, 0.4) is 0 Å². The van der Waals surface area contributed by atoms with Crippen LogP contribution in [0.15, 0.2) is 0 Å². The van der Waals surface area contributed by atoms with Gasteiger partial charge in [0, 0.05) is 0 Å². The second-order valence-electron chi connectivity index (χ2n) is 5.52. The molecule has 1 N–H and O–H groups in total. The Morgan fingerprint density at radius 3 is 2.46 bits per heavy atom. The second kappa shape index (κ2) is 2.98. The van der Waals surface area contributed by atoms with Crippen LogP contribution in [-0.2, 0) is 0 Å². The van der Waals surface area contributed by atoms with E-state index in [0.29, 0.717) is 5.92 Å². The Labute approximate surface area is 81.5 Å². The normalized spacial score (nSPS) is 48.0. The molecule has 0 aromatic rings. The zero-order valence-electron chi connectivity index (χ0n) is 9.09. The standard InChI is InChI=1S/C12H22O/c1-4-12(3,13)10-6-9-5-8(2)11(9)7-10/h8-11,13H,4-7H2,1-3H3. The van der Waals surface area contributed by atoms with Crippen molar-refractivity contribution < 1.29 is 5.11 Å². The zero-order chi connectivity index (χ0) is 9.64. The summed E-state index contributed by atoms with van der Waals surface area (Å²) in [4.78, 5) is 0. The van der Waals surface area contributed by atoms with E-state index in [-0.39, 0.29) is 0 Å². The smallest absolute Gasteiger partial charge is 0.0645 e. The molecule has 5 atom stereocenters. The molecular weight excluding hydrogens is 160 g/mol. The van der Waals surface area contributed by atoms with Crippen molar-refractivity contribution >= 4 is 0 Å². The van der Waals surface area contributed by atoms with E-state index in [1.165, 1.54) is 19.3 Å². The summed E-state index contributed by atoms with van der Waals surface area (Å²) in [5.74, 6) is 3.42. The lowest BCUT2D eigenvalue weighted by Gasteiger charge is -2.37. The van der Waals surface area contributed by atoms with Gasteiger partial charge in [-0.15, -0.1) is 0 Å². The van der Waals surface area contributed by atoms with E-state index in [2.05, 4.69) is 13.8 Å². The van der Waals surface area contributed by atoms with Crippen molar-refractivity contribution in [3.05, 3.63) is 0 Å². The van der Waals surface area contributed by atoms with E-state index in [1.807, 2.05) is 6.92 Å². The van der Waals surface area contributed by atoms with Crippen molar-refractivity contribution in [2.24, 2.45) is 23.7 Å². The fraction of sp³-hybridized carbons (Fsp3) is 1.00. The first-order chi connectivity index (χ1) is 6.04. The Morgan fingerprint density at radius 1 is 1.31 bits per heavy atom. The molecule has 2 saturated carbocycles. The minimum Gasteiger partial charge on any atom is -0.390 e. The number of hydrogen-bond acceptors (Lipinski definition) is 1. The zero-order valence-corrected chi connectivity index (χ0v) is 9.09. The van der Waals surface area contributed by atoms with Crippen LogP contribution in [0, 0.1) is 23.7 Å². The van der Waals surface area contributed by atoms with Crippen LogP contribution in [0.1, 0.15) is 46.5 Å². The van der Waals surface area contributed by atoms with E-state index in [9.17, 15) is 5.11 Å². The first-order valence-corrected chi connectivity index (χ1v) is 5.77. The Hall–Kier alpha value is -0.0400. The highest BCUT2D eigenvalue weighted by atomic mass is 16.3. The van der Waals surface area contributed by atoms with Gasteiger partial charge in [0.2, 0.25) is 0 Å². The molecule has 76 valence electrons.